The van der Waals surface area contributed by atoms with E-state index in [1.165, 1.54) is 17.7 Å². The summed E-state index contributed by atoms with van der Waals surface area (Å²) in [5, 5.41) is 12.1. The highest BCUT2D eigenvalue weighted by Crippen LogP contribution is 2.23. The number of aromatic hydroxyl groups is 1. The maximum absolute atomic E-state index is 12.1. The first-order valence-corrected chi connectivity index (χ1v) is 6.59. The van der Waals surface area contributed by atoms with E-state index in [1.54, 1.807) is 6.07 Å². The molecule has 104 valence electrons. The molecule has 0 fully saturated rings. The zero-order chi connectivity index (χ0) is 14.5. The number of hydrogen-bond donors (Lipinski definition) is 3. The Morgan fingerprint density at radius 1 is 1.20 bits per heavy atom. The van der Waals surface area contributed by atoms with E-state index in [0.717, 1.165) is 12.8 Å². The summed E-state index contributed by atoms with van der Waals surface area (Å²) in [7, 11) is 0. The average molecular weight is 270 g/mol. The van der Waals surface area contributed by atoms with Gasteiger partial charge in [-0.15, -0.1) is 0 Å². The third-order valence-corrected chi connectivity index (χ3v) is 3.04. The van der Waals surface area contributed by atoms with Crippen LogP contribution in [-0.2, 0) is 6.42 Å². The fourth-order valence-electron chi connectivity index (χ4n) is 1.95. The average Bonchev–Trinajstić information content (AvgIpc) is 2.44. The minimum Gasteiger partial charge on any atom is -0.506 e. The lowest BCUT2D eigenvalue weighted by atomic mass is 10.1. The van der Waals surface area contributed by atoms with Crippen LogP contribution in [0.25, 0.3) is 0 Å². The van der Waals surface area contributed by atoms with Gasteiger partial charge in [0, 0.05) is 11.3 Å². The van der Waals surface area contributed by atoms with Gasteiger partial charge in [0.15, 0.2) is 0 Å². The lowest BCUT2D eigenvalue weighted by molar-refractivity contribution is 0.102. The number of anilines is 2. The third kappa shape index (κ3) is 3.29. The molecule has 4 N–H and O–H groups in total. The van der Waals surface area contributed by atoms with Crippen LogP contribution in [0.2, 0.25) is 0 Å². The fraction of sp³-hybridized carbons (Fsp3) is 0.188. The highest BCUT2D eigenvalue weighted by Gasteiger charge is 2.07. The Labute approximate surface area is 118 Å². The van der Waals surface area contributed by atoms with Crippen LogP contribution in [0.4, 0.5) is 11.4 Å². The molecule has 4 heteroatoms. The molecule has 4 nitrogen and oxygen atoms in total. The van der Waals surface area contributed by atoms with Crippen molar-refractivity contribution in [1.29, 1.82) is 0 Å². The number of hydrogen-bond acceptors (Lipinski definition) is 3. The van der Waals surface area contributed by atoms with Crippen LogP contribution in [-0.4, -0.2) is 11.0 Å². The van der Waals surface area contributed by atoms with Crippen LogP contribution in [0.15, 0.2) is 42.5 Å². The summed E-state index contributed by atoms with van der Waals surface area (Å²) >= 11 is 0. The summed E-state index contributed by atoms with van der Waals surface area (Å²) in [4.78, 5) is 12.1. The summed E-state index contributed by atoms with van der Waals surface area (Å²) < 4.78 is 0. The Kier molecular flexibility index (Phi) is 4.25. The molecule has 0 unspecified atom stereocenters. The largest absolute Gasteiger partial charge is 0.506 e. The van der Waals surface area contributed by atoms with Crippen molar-refractivity contribution < 1.29 is 9.90 Å². The van der Waals surface area contributed by atoms with Crippen molar-refractivity contribution in [3.63, 3.8) is 0 Å². The van der Waals surface area contributed by atoms with E-state index in [2.05, 4.69) is 12.2 Å². The Bertz CT molecular complexity index is 606. The molecule has 0 spiro atoms. The second kappa shape index (κ2) is 6.10. The Balaban J connectivity index is 2.09. The second-order valence-electron chi connectivity index (χ2n) is 4.67. The zero-order valence-electron chi connectivity index (χ0n) is 11.4. The molecular formula is C16H18N2O2. The van der Waals surface area contributed by atoms with E-state index in [0.29, 0.717) is 11.3 Å². The SMILES string of the molecule is CCCc1ccc(C(=O)Nc2ccc(O)c(N)c2)cc1. The first-order chi connectivity index (χ1) is 9.60. The molecule has 0 aliphatic rings. The van der Waals surface area contributed by atoms with Gasteiger partial charge in [-0.3, -0.25) is 4.79 Å². The Morgan fingerprint density at radius 3 is 2.50 bits per heavy atom. The van der Waals surface area contributed by atoms with E-state index < -0.39 is 0 Å². The number of phenols is 1. The van der Waals surface area contributed by atoms with E-state index in [9.17, 15) is 9.90 Å². The van der Waals surface area contributed by atoms with E-state index >= 15 is 0 Å². The molecule has 0 heterocycles. The minimum absolute atomic E-state index is 0.00641. The highest BCUT2D eigenvalue weighted by molar-refractivity contribution is 6.04. The van der Waals surface area contributed by atoms with Gasteiger partial charge in [-0.25, -0.2) is 0 Å². The number of rotatable bonds is 4. The van der Waals surface area contributed by atoms with Crippen LogP contribution in [0, 0.1) is 0 Å². The number of phenolic OH excluding ortho intramolecular Hbond substituents is 1. The van der Waals surface area contributed by atoms with Gasteiger partial charge in [-0.2, -0.15) is 0 Å². The molecule has 0 aliphatic carbocycles. The number of nitrogens with two attached hydrogens (primary N) is 1. The highest BCUT2D eigenvalue weighted by atomic mass is 16.3. The molecule has 0 aromatic heterocycles. The smallest absolute Gasteiger partial charge is 0.255 e. The number of amides is 1. The first kappa shape index (κ1) is 13.9. The topological polar surface area (TPSA) is 75.3 Å². The van der Waals surface area contributed by atoms with E-state index in [1.807, 2.05) is 24.3 Å². The number of nitrogen functional groups attached to an aromatic ring is 1. The lowest BCUT2D eigenvalue weighted by Crippen LogP contribution is -2.12. The molecule has 0 saturated carbocycles. The molecule has 0 bridgehead atoms. The summed E-state index contributed by atoms with van der Waals surface area (Å²) in [6.07, 6.45) is 2.09. The molecule has 0 saturated heterocycles. The van der Waals surface area contributed by atoms with Crippen molar-refractivity contribution in [3.8, 4) is 5.75 Å². The van der Waals surface area contributed by atoms with Gasteiger partial charge < -0.3 is 16.2 Å². The van der Waals surface area contributed by atoms with Crippen LogP contribution < -0.4 is 11.1 Å². The lowest BCUT2D eigenvalue weighted by Gasteiger charge is -2.07. The van der Waals surface area contributed by atoms with Crippen molar-refractivity contribution in [1.82, 2.24) is 0 Å². The number of nitrogens with one attached hydrogen (secondary N) is 1. The van der Waals surface area contributed by atoms with Gasteiger partial charge in [0.25, 0.3) is 5.91 Å². The number of aryl methyl sites for hydroxylation is 1. The van der Waals surface area contributed by atoms with Crippen molar-refractivity contribution in [2.75, 3.05) is 11.1 Å². The van der Waals surface area contributed by atoms with E-state index in [-0.39, 0.29) is 17.3 Å². The number of benzene rings is 2. The molecule has 2 rings (SSSR count). The Hall–Kier alpha value is -2.49. The molecule has 20 heavy (non-hydrogen) atoms. The molecule has 1 amide bonds. The van der Waals surface area contributed by atoms with Crippen LogP contribution >= 0.6 is 0 Å². The molecule has 0 radical (unpaired) electrons. The van der Waals surface area contributed by atoms with Crippen molar-refractivity contribution in [2.24, 2.45) is 0 Å². The van der Waals surface area contributed by atoms with Crippen LogP contribution in [0.5, 0.6) is 5.75 Å². The minimum atomic E-state index is -0.196. The Morgan fingerprint density at radius 2 is 1.90 bits per heavy atom. The zero-order valence-corrected chi connectivity index (χ0v) is 11.4. The van der Waals surface area contributed by atoms with Gasteiger partial charge in [-0.05, 0) is 42.3 Å². The molecule has 2 aromatic rings. The fourth-order valence-corrected chi connectivity index (χ4v) is 1.95. The monoisotopic (exact) mass is 270 g/mol. The molecular weight excluding hydrogens is 252 g/mol. The maximum atomic E-state index is 12.1. The summed E-state index contributed by atoms with van der Waals surface area (Å²) in [5.41, 5.74) is 8.20. The molecule has 0 atom stereocenters. The number of carbonyl (C=O) groups excluding carboxylic acids is 1. The summed E-state index contributed by atoms with van der Waals surface area (Å²) in [6.45, 7) is 2.12. The summed E-state index contributed by atoms with van der Waals surface area (Å²) in [5.74, 6) is -0.190. The van der Waals surface area contributed by atoms with Crippen molar-refractivity contribution in [3.05, 3.63) is 53.6 Å². The normalized spacial score (nSPS) is 10.2. The number of carbonyl (C=O) groups is 1. The van der Waals surface area contributed by atoms with Crippen LogP contribution in [0.1, 0.15) is 29.3 Å². The van der Waals surface area contributed by atoms with Crippen LogP contribution in [0.3, 0.4) is 0 Å². The molecule has 2 aromatic carbocycles. The summed E-state index contributed by atoms with van der Waals surface area (Å²) in [6, 6.07) is 12.1. The van der Waals surface area contributed by atoms with Crippen molar-refractivity contribution >= 4 is 17.3 Å². The van der Waals surface area contributed by atoms with Gasteiger partial charge >= 0.3 is 0 Å². The van der Waals surface area contributed by atoms with Gasteiger partial charge in [0.05, 0.1) is 5.69 Å². The predicted octanol–water partition coefficient (Wildman–Crippen LogP) is 3.18. The molecule has 0 aliphatic heterocycles. The first-order valence-electron chi connectivity index (χ1n) is 6.59. The van der Waals surface area contributed by atoms with Gasteiger partial charge in [0.2, 0.25) is 0 Å². The maximum Gasteiger partial charge on any atom is 0.255 e. The van der Waals surface area contributed by atoms with E-state index in [4.69, 9.17) is 5.73 Å². The van der Waals surface area contributed by atoms with Gasteiger partial charge in [0.1, 0.15) is 5.75 Å². The van der Waals surface area contributed by atoms with Gasteiger partial charge in [-0.1, -0.05) is 25.5 Å². The quantitative estimate of drug-likeness (QED) is 0.454. The van der Waals surface area contributed by atoms with Crippen molar-refractivity contribution in [2.45, 2.75) is 19.8 Å². The third-order valence-electron chi connectivity index (χ3n) is 3.04. The standard InChI is InChI=1S/C16H18N2O2/c1-2-3-11-4-6-12(7-5-11)16(20)18-13-8-9-15(19)14(17)10-13/h4-10,19H,2-3,17H2,1H3,(H,18,20). The second-order valence-corrected chi connectivity index (χ2v) is 4.67. The predicted molar refractivity (Wildman–Crippen MR) is 80.9 cm³/mol.